The molecule has 3 aromatic heterocycles. The van der Waals surface area contributed by atoms with Crippen LogP contribution in [0.2, 0.25) is 0 Å². The average Bonchev–Trinajstić information content (AvgIpc) is 3.33. The third-order valence-electron chi connectivity index (χ3n) is 5.32. The van der Waals surface area contributed by atoms with E-state index in [-0.39, 0.29) is 6.61 Å². The summed E-state index contributed by atoms with van der Waals surface area (Å²) in [6, 6.07) is 11.3. The number of hydrogen-bond donors (Lipinski definition) is 3. The highest BCUT2D eigenvalue weighted by Gasteiger charge is 2.44. The lowest BCUT2D eigenvalue weighted by molar-refractivity contribution is -0.0471. The summed E-state index contributed by atoms with van der Waals surface area (Å²) in [6.45, 7) is 0.0835. The maximum Gasteiger partial charge on any atom is 0.164 e. The first kappa shape index (κ1) is 18.7. The predicted molar refractivity (Wildman–Crippen MR) is 110 cm³/mol. The molecule has 1 aromatic carbocycles. The van der Waals surface area contributed by atoms with E-state index in [9.17, 15) is 10.2 Å². The van der Waals surface area contributed by atoms with Crippen molar-refractivity contribution in [1.82, 2.24) is 19.5 Å². The van der Waals surface area contributed by atoms with Gasteiger partial charge >= 0.3 is 0 Å². The van der Waals surface area contributed by atoms with Crippen LogP contribution in [0.5, 0.6) is 5.75 Å². The average molecular weight is 407 g/mol. The van der Waals surface area contributed by atoms with Crippen LogP contribution < -0.4 is 10.1 Å². The number of aliphatic hydroxyl groups is 2. The van der Waals surface area contributed by atoms with Crippen LogP contribution in [0.3, 0.4) is 0 Å². The number of aromatic nitrogens is 4. The van der Waals surface area contributed by atoms with Gasteiger partial charge in [0.2, 0.25) is 0 Å². The number of aliphatic hydroxyl groups excluding tert-OH is 2. The molecule has 4 atom stereocenters. The molecule has 1 saturated heterocycles. The van der Waals surface area contributed by atoms with Gasteiger partial charge in [0.15, 0.2) is 6.23 Å². The standard InChI is InChI=1S/C21H21N5O4/c1-22-17-5-3-12-2-4-14(8-15(12)25-17)29-10-16-18(27)19(28)21(30-16)26-7-6-13-9-23-11-24-20(13)26/h2-9,11,16,18-19,21,27-28H,10H2,1H3,(H,22,25)/t16-,18-,19-,21-/m1/s1. The van der Waals surface area contributed by atoms with Gasteiger partial charge in [-0.05, 0) is 30.3 Å². The SMILES string of the molecule is CNc1ccc2ccc(OC[C@H]3O[C@@H](n4ccc5cncnc54)[C@H](O)[C@@H]3O)cc2n1. The highest BCUT2D eigenvalue weighted by atomic mass is 16.6. The molecule has 1 fully saturated rings. The molecule has 0 spiro atoms. The molecule has 4 aromatic rings. The van der Waals surface area contributed by atoms with E-state index in [1.807, 2.05) is 43.4 Å². The molecule has 1 aliphatic heterocycles. The van der Waals surface area contributed by atoms with Gasteiger partial charge in [0.25, 0.3) is 0 Å². The molecule has 1 aliphatic rings. The van der Waals surface area contributed by atoms with Gasteiger partial charge in [0.05, 0.1) is 5.52 Å². The maximum atomic E-state index is 10.5. The van der Waals surface area contributed by atoms with Crippen molar-refractivity contribution in [2.24, 2.45) is 0 Å². The monoisotopic (exact) mass is 407 g/mol. The zero-order valence-corrected chi connectivity index (χ0v) is 16.2. The lowest BCUT2D eigenvalue weighted by Gasteiger charge is -2.17. The van der Waals surface area contributed by atoms with Gasteiger partial charge in [-0.2, -0.15) is 0 Å². The Bertz CT molecular complexity index is 1200. The number of pyridine rings is 1. The van der Waals surface area contributed by atoms with Gasteiger partial charge in [-0.25, -0.2) is 15.0 Å². The topological polar surface area (TPSA) is 115 Å². The Kier molecular flexibility index (Phi) is 4.70. The Morgan fingerprint density at radius 3 is 2.87 bits per heavy atom. The molecular formula is C21H21N5O4. The number of hydrogen-bond acceptors (Lipinski definition) is 8. The number of nitrogens with one attached hydrogen (secondary N) is 1. The van der Waals surface area contributed by atoms with Crippen molar-refractivity contribution >= 4 is 27.8 Å². The van der Waals surface area contributed by atoms with Crippen molar-refractivity contribution < 1.29 is 19.7 Å². The summed E-state index contributed by atoms with van der Waals surface area (Å²) >= 11 is 0. The largest absolute Gasteiger partial charge is 0.491 e. The van der Waals surface area contributed by atoms with E-state index in [1.54, 1.807) is 17.0 Å². The summed E-state index contributed by atoms with van der Waals surface area (Å²) in [7, 11) is 1.81. The minimum absolute atomic E-state index is 0.0835. The molecule has 30 heavy (non-hydrogen) atoms. The zero-order valence-electron chi connectivity index (χ0n) is 16.2. The molecule has 0 amide bonds. The van der Waals surface area contributed by atoms with Crippen LogP contribution in [0, 0.1) is 0 Å². The van der Waals surface area contributed by atoms with E-state index in [1.165, 1.54) is 6.33 Å². The minimum Gasteiger partial charge on any atom is -0.491 e. The van der Waals surface area contributed by atoms with Crippen LogP contribution >= 0.6 is 0 Å². The van der Waals surface area contributed by atoms with Crippen LogP contribution in [0.4, 0.5) is 5.82 Å². The van der Waals surface area contributed by atoms with E-state index < -0.39 is 24.5 Å². The quantitative estimate of drug-likeness (QED) is 0.458. The van der Waals surface area contributed by atoms with Crippen LogP contribution in [0.1, 0.15) is 6.23 Å². The molecule has 9 nitrogen and oxygen atoms in total. The first-order chi connectivity index (χ1) is 14.6. The summed E-state index contributed by atoms with van der Waals surface area (Å²) in [5.41, 5.74) is 1.42. The fourth-order valence-electron chi connectivity index (χ4n) is 3.70. The van der Waals surface area contributed by atoms with Crippen LogP contribution in [-0.4, -0.2) is 61.7 Å². The van der Waals surface area contributed by atoms with Crippen molar-refractivity contribution in [3.05, 3.63) is 55.1 Å². The lowest BCUT2D eigenvalue weighted by atomic mass is 10.1. The first-order valence-corrected chi connectivity index (χ1v) is 9.63. The zero-order chi connectivity index (χ0) is 20.7. The number of benzene rings is 1. The smallest absolute Gasteiger partial charge is 0.164 e. The summed E-state index contributed by atoms with van der Waals surface area (Å²) in [6.07, 6.45) is 1.21. The van der Waals surface area contributed by atoms with Gasteiger partial charge in [-0.1, -0.05) is 0 Å². The van der Waals surface area contributed by atoms with E-state index in [0.717, 1.165) is 22.1 Å². The summed E-state index contributed by atoms with van der Waals surface area (Å²) in [5.74, 6) is 1.37. The molecule has 0 aliphatic carbocycles. The molecule has 0 unspecified atom stereocenters. The summed E-state index contributed by atoms with van der Waals surface area (Å²) < 4.78 is 13.5. The van der Waals surface area contributed by atoms with Crippen LogP contribution in [-0.2, 0) is 4.74 Å². The van der Waals surface area contributed by atoms with Crippen molar-refractivity contribution in [1.29, 1.82) is 0 Å². The Balaban J connectivity index is 1.32. The molecule has 4 heterocycles. The molecule has 5 rings (SSSR count). The second-order valence-corrected chi connectivity index (χ2v) is 7.18. The fourth-order valence-corrected chi connectivity index (χ4v) is 3.70. The molecule has 0 radical (unpaired) electrons. The summed E-state index contributed by atoms with van der Waals surface area (Å²) in [4.78, 5) is 12.7. The maximum absolute atomic E-state index is 10.5. The first-order valence-electron chi connectivity index (χ1n) is 9.63. The number of ether oxygens (including phenoxy) is 2. The fraction of sp³-hybridized carbons (Fsp3) is 0.286. The van der Waals surface area contributed by atoms with E-state index >= 15 is 0 Å². The third kappa shape index (κ3) is 3.22. The van der Waals surface area contributed by atoms with Gasteiger partial charge in [0.1, 0.15) is 48.5 Å². The molecule has 154 valence electrons. The highest BCUT2D eigenvalue weighted by molar-refractivity contribution is 5.81. The van der Waals surface area contributed by atoms with Crippen LogP contribution in [0.15, 0.2) is 55.1 Å². The minimum atomic E-state index is -1.11. The van der Waals surface area contributed by atoms with Crippen molar-refractivity contribution in [3.63, 3.8) is 0 Å². The van der Waals surface area contributed by atoms with E-state index in [0.29, 0.717) is 11.4 Å². The predicted octanol–water partition coefficient (Wildman–Crippen LogP) is 1.72. The van der Waals surface area contributed by atoms with E-state index in [4.69, 9.17) is 9.47 Å². The Hall–Kier alpha value is -3.27. The number of fused-ring (bicyclic) bond motifs is 2. The Labute approximate surface area is 171 Å². The molecule has 0 saturated carbocycles. The second kappa shape index (κ2) is 7.52. The Morgan fingerprint density at radius 1 is 1.13 bits per heavy atom. The van der Waals surface area contributed by atoms with Crippen molar-refractivity contribution in [2.45, 2.75) is 24.5 Å². The normalized spacial score (nSPS) is 23.8. The van der Waals surface area contributed by atoms with Crippen molar-refractivity contribution in [2.75, 3.05) is 19.0 Å². The van der Waals surface area contributed by atoms with Crippen LogP contribution in [0.25, 0.3) is 21.9 Å². The molecule has 0 bridgehead atoms. The second-order valence-electron chi connectivity index (χ2n) is 7.18. The van der Waals surface area contributed by atoms with E-state index in [2.05, 4.69) is 20.3 Å². The number of nitrogens with zero attached hydrogens (tertiary/aromatic N) is 4. The lowest BCUT2D eigenvalue weighted by Crippen LogP contribution is -2.34. The molecular weight excluding hydrogens is 386 g/mol. The number of anilines is 1. The summed E-state index contributed by atoms with van der Waals surface area (Å²) in [5, 5.41) is 25.9. The number of rotatable bonds is 5. The van der Waals surface area contributed by atoms with Gasteiger partial charge in [-0.3, -0.25) is 0 Å². The molecule has 3 N–H and O–H groups in total. The highest BCUT2D eigenvalue weighted by Crippen LogP contribution is 2.32. The van der Waals surface area contributed by atoms with Crippen molar-refractivity contribution in [3.8, 4) is 5.75 Å². The Morgan fingerprint density at radius 2 is 2.00 bits per heavy atom. The van der Waals surface area contributed by atoms with Gasteiger partial charge in [0, 0.05) is 36.3 Å². The van der Waals surface area contributed by atoms with Gasteiger partial charge < -0.3 is 29.6 Å². The van der Waals surface area contributed by atoms with Gasteiger partial charge in [-0.15, -0.1) is 0 Å². The third-order valence-corrected chi connectivity index (χ3v) is 5.32. The molecule has 9 heteroatoms.